The van der Waals surface area contributed by atoms with Crippen molar-refractivity contribution in [1.82, 2.24) is 0 Å². The molecule has 5 heteroatoms. The normalized spacial score (nSPS) is 14.4. The Morgan fingerprint density at radius 1 is 1.17 bits per heavy atom. The lowest BCUT2D eigenvalue weighted by Gasteiger charge is -2.24. The number of hydrogen-bond acceptors (Lipinski definition) is 4. The van der Waals surface area contributed by atoms with Crippen molar-refractivity contribution in [1.29, 1.82) is 0 Å². The Kier molecular flexibility index (Phi) is 7.82. The van der Waals surface area contributed by atoms with Crippen LogP contribution >= 0.6 is 0 Å². The summed E-state index contributed by atoms with van der Waals surface area (Å²) in [6, 6.07) is 6.10. The number of benzene rings is 1. The third kappa shape index (κ3) is 6.77. The molecule has 1 aromatic rings. The second-order valence-corrected chi connectivity index (χ2v) is 6.98. The predicted molar refractivity (Wildman–Crippen MR) is 91.3 cm³/mol. The average molecular weight is 326 g/mol. The van der Waals surface area contributed by atoms with Crippen LogP contribution < -0.4 is 14.8 Å². The van der Waals surface area contributed by atoms with Gasteiger partial charge in [-0.3, -0.25) is 0 Å². The van der Waals surface area contributed by atoms with Crippen LogP contribution in [0.25, 0.3) is 0 Å². The summed E-state index contributed by atoms with van der Waals surface area (Å²) in [6.45, 7) is 9.98. The van der Waals surface area contributed by atoms with Crippen molar-refractivity contribution in [3.05, 3.63) is 23.8 Å². The van der Waals surface area contributed by atoms with Crippen LogP contribution in [0, 0.1) is 0 Å². The lowest BCUT2D eigenvalue weighted by atomic mass is 9.86. The molecule has 0 fully saturated rings. The minimum absolute atomic E-state index is 0.0616. The van der Waals surface area contributed by atoms with Gasteiger partial charge in [-0.2, -0.15) is 0 Å². The first kappa shape index (κ1) is 19.7. The summed E-state index contributed by atoms with van der Waals surface area (Å²) in [5.41, 5.74) is 1.01. The number of quaternary nitrogens is 1. The molecule has 3 N–H and O–H groups in total. The fourth-order valence-electron chi connectivity index (χ4n) is 2.32. The van der Waals surface area contributed by atoms with Crippen molar-refractivity contribution in [2.24, 2.45) is 0 Å². The molecule has 0 bridgehead atoms. The van der Waals surface area contributed by atoms with Gasteiger partial charge in [0.05, 0.1) is 13.7 Å². The number of hydrogen-bond donors (Lipinski definition) is 2. The molecule has 0 spiro atoms. The summed E-state index contributed by atoms with van der Waals surface area (Å²) < 4.78 is 16.2. The van der Waals surface area contributed by atoms with E-state index in [1.165, 1.54) is 0 Å². The zero-order valence-corrected chi connectivity index (χ0v) is 15.3. The molecule has 0 saturated carbocycles. The van der Waals surface area contributed by atoms with Gasteiger partial charge in [0.15, 0.2) is 0 Å². The predicted octanol–water partition coefficient (Wildman–Crippen LogP) is 1.33. The maximum absolute atomic E-state index is 10.1. The van der Waals surface area contributed by atoms with Crippen LogP contribution in [0.4, 0.5) is 0 Å². The fraction of sp³-hybridized carbons (Fsp3) is 0.667. The molecular weight excluding hydrogens is 294 g/mol. The summed E-state index contributed by atoms with van der Waals surface area (Å²) in [4.78, 5) is 0. The zero-order valence-electron chi connectivity index (χ0n) is 15.3. The van der Waals surface area contributed by atoms with Gasteiger partial charge in [0.2, 0.25) is 0 Å². The maximum Gasteiger partial charge on any atom is 0.137 e. The molecule has 0 radical (unpaired) electrons. The topological polar surface area (TPSA) is 64.5 Å². The van der Waals surface area contributed by atoms with Crippen molar-refractivity contribution in [2.75, 3.05) is 34.0 Å². The Labute approximate surface area is 139 Å². The van der Waals surface area contributed by atoms with E-state index in [1.54, 1.807) is 14.2 Å². The van der Waals surface area contributed by atoms with Crippen LogP contribution in [0.15, 0.2) is 18.2 Å². The van der Waals surface area contributed by atoms with Gasteiger partial charge < -0.3 is 24.6 Å². The first-order chi connectivity index (χ1) is 10.8. The summed E-state index contributed by atoms with van der Waals surface area (Å²) >= 11 is 0. The van der Waals surface area contributed by atoms with E-state index in [1.807, 2.05) is 18.2 Å². The molecule has 0 saturated heterocycles. The molecule has 1 rings (SSSR count). The Bertz CT molecular complexity index is 471. The molecule has 23 heavy (non-hydrogen) atoms. The molecule has 132 valence electrons. The van der Waals surface area contributed by atoms with E-state index in [9.17, 15) is 5.11 Å². The fourth-order valence-corrected chi connectivity index (χ4v) is 2.32. The van der Waals surface area contributed by atoms with Crippen LogP contribution in [0.3, 0.4) is 0 Å². The molecular formula is C18H32NO4+. The number of aliphatic hydroxyl groups excluding tert-OH is 1. The first-order valence-electron chi connectivity index (χ1n) is 8.09. The molecule has 2 atom stereocenters. The van der Waals surface area contributed by atoms with Crippen molar-refractivity contribution in [3.63, 3.8) is 0 Å². The van der Waals surface area contributed by atoms with E-state index in [0.29, 0.717) is 19.2 Å². The second-order valence-electron chi connectivity index (χ2n) is 6.98. The highest BCUT2D eigenvalue weighted by Crippen LogP contribution is 2.34. The number of methoxy groups -OCH3 is 2. The van der Waals surface area contributed by atoms with E-state index in [-0.39, 0.29) is 12.0 Å². The molecule has 0 aliphatic carbocycles. The van der Waals surface area contributed by atoms with E-state index in [2.05, 4.69) is 33.0 Å². The molecule has 1 aromatic carbocycles. The Morgan fingerprint density at radius 3 is 2.43 bits per heavy atom. The molecule has 0 amide bonds. The molecule has 0 aromatic heterocycles. The molecule has 5 nitrogen and oxygen atoms in total. The molecule has 0 aliphatic rings. The summed E-state index contributed by atoms with van der Waals surface area (Å²) in [7, 11) is 3.34. The Hall–Kier alpha value is -1.30. The zero-order chi connectivity index (χ0) is 17.5. The van der Waals surface area contributed by atoms with Crippen molar-refractivity contribution in [2.45, 2.75) is 45.3 Å². The lowest BCUT2D eigenvalue weighted by molar-refractivity contribution is -0.693. The Morgan fingerprint density at radius 2 is 1.87 bits per heavy atom. The second kappa shape index (κ2) is 9.11. The molecule has 0 aliphatic heterocycles. The molecule has 0 unspecified atom stereocenters. The highest BCUT2D eigenvalue weighted by atomic mass is 16.5. The molecule has 0 heterocycles. The highest BCUT2D eigenvalue weighted by Gasteiger charge is 2.21. The smallest absolute Gasteiger partial charge is 0.137 e. The van der Waals surface area contributed by atoms with Crippen LogP contribution in [0.5, 0.6) is 11.5 Å². The van der Waals surface area contributed by atoms with E-state index >= 15 is 0 Å². The quantitative estimate of drug-likeness (QED) is 0.719. The Balaban J connectivity index is 2.63. The number of aliphatic hydroxyl groups is 1. The van der Waals surface area contributed by atoms with Crippen LogP contribution in [0.2, 0.25) is 0 Å². The van der Waals surface area contributed by atoms with E-state index in [0.717, 1.165) is 17.1 Å². The van der Waals surface area contributed by atoms with E-state index in [4.69, 9.17) is 14.2 Å². The summed E-state index contributed by atoms with van der Waals surface area (Å²) in [5, 5.41) is 12.2. The van der Waals surface area contributed by atoms with Crippen LogP contribution in [-0.4, -0.2) is 51.2 Å². The largest absolute Gasteiger partial charge is 0.497 e. The average Bonchev–Trinajstić information content (AvgIpc) is 2.50. The van der Waals surface area contributed by atoms with Gasteiger partial charge in [-0.15, -0.1) is 0 Å². The monoisotopic (exact) mass is 326 g/mol. The summed E-state index contributed by atoms with van der Waals surface area (Å²) in [5.74, 6) is 1.60. The third-order valence-electron chi connectivity index (χ3n) is 3.67. The van der Waals surface area contributed by atoms with Crippen LogP contribution in [0.1, 0.15) is 33.3 Å². The van der Waals surface area contributed by atoms with Gasteiger partial charge >= 0.3 is 0 Å². The SMILES string of the molecule is COC[C@@H](C)[NH2+]C[C@H](O)COc1ccc(OC)cc1C(C)(C)C. The standard InChI is InChI=1S/C18H31NO4/c1-13(11-21-5)19-10-14(20)12-23-17-8-7-15(22-6)9-16(17)18(2,3)4/h7-9,13-14,19-20H,10-12H2,1-6H3/p+1/t13-,14+/m1/s1. The van der Waals surface area contributed by atoms with Crippen molar-refractivity contribution >= 4 is 0 Å². The van der Waals surface area contributed by atoms with Crippen molar-refractivity contribution < 1.29 is 24.6 Å². The van der Waals surface area contributed by atoms with Crippen LogP contribution in [-0.2, 0) is 10.2 Å². The first-order valence-corrected chi connectivity index (χ1v) is 8.09. The van der Waals surface area contributed by atoms with Gasteiger partial charge in [0.1, 0.15) is 36.8 Å². The number of nitrogens with two attached hydrogens (primary N) is 1. The minimum atomic E-state index is -0.524. The van der Waals surface area contributed by atoms with Gasteiger partial charge in [-0.05, 0) is 30.5 Å². The maximum atomic E-state index is 10.1. The van der Waals surface area contributed by atoms with Gasteiger partial charge in [-0.25, -0.2) is 0 Å². The third-order valence-corrected chi connectivity index (χ3v) is 3.67. The van der Waals surface area contributed by atoms with Gasteiger partial charge in [-0.1, -0.05) is 20.8 Å². The van der Waals surface area contributed by atoms with Gasteiger partial charge in [0, 0.05) is 12.7 Å². The summed E-state index contributed by atoms with van der Waals surface area (Å²) in [6.07, 6.45) is -0.524. The minimum Gasteiger partial charge on any atom is -0.497 e. The van der Waals surface area contributed by atoms with Crippen molar-refractivity contribution in [3.8, 4) is 11.5 Å². The lowest BCUT2D eigenvalue weighted by Crippen LogP contribution is -2.92. The number of ether oxygens (including phenoxy) is 3. The highest BCUT2D eigenvalue weighted by molar-refractivity contribution is 5.44. The number of rotatable bonds is 9. The van der Waals surface area contributed by atoms with Gasteiger partial charge in [0.25, 0.3) is 0 Å². The van der Waals surface area contributed by atoms with E-state index < -0.39 is 6.10 Å².